The molecule has 6 heteroatoms. The summed E-state index contributed by atoms with van der Waals surface area (Å²) in [6.07, 6.45) is 0.555. The van der Waals surface area contributed by atoms with E-state index < -0.39 is 0 Å². The number of amides is 1. The number of thiazole rings is 1. The predicted molar refractivity (Wildman–Crippen MR) is 95.8 cm³/mol. The van der Waals surface area contributed by atoms with Crippen LogP contribution in [0.5, 0.6) is 0 Å². The van der Waals surface area contributed by atoms with Crippen molar-refractivity contribution in [2.45, 2.75) is 39.5 Å². The van der Waals surface area contributed by atoms with E-state index in [9.17, 15) is 4.79 Å². The summed E-state index contributed by atoms with van der Waals surface area (Å²) in [5.74, 6) is -0.0249. The molecule has 1 amide bonds. The fraction of sp³-hybridized carbons (Fsp3) is 0.444. The molecule has 3 rings (SSSR count). The SMILES string of the molecule is CC(=O)N(c1ccccc1)c1nc(C[NH+]2C[C@@H](C)O[C@H](C)C2)cs1. The van der Waals surface area contributed by atoms with Crippen LogP contribution in [0.3, 0.4) is 0 Å². The van der Waals surface area contributed by atoms with Crippen molar-refractivity contribution in [3.8, 4) is 0 Å². The van der Waals surface area contributed by atoms with E-state index in [1.165, 1.54) is 16.2 Å². The molecule has 1 N–H and O–H groups in total. The molecule has 24 heavy (non-hydrogen) atoms. The first-order valence-corrected chi connectivity index (χ1v) is 9.20. The van der Waals surface area contributed by atoms with Crippen LogP contribution >= 0.6 is 11.3 Å². The lowest BCUT2D eigenvalue weighted by Crippen LogP contribution is -3.14. The van der Waals surface area contributed by atoms with Gasteiger partial charge in [0.15, 0.2) is 5.13 Å². The van der Waals surface area contributed by atoms with E-state index in [0.29, 0.717) is 0 Å². The summed E-state index contributed by atoms with van der Waals surface area (Å²) in [5, 5.41) is 2.80. The van der Waals surface area contributed by atoms with Gasteiger partial charge >= 0.3 is 0 Å². The Morgan fingerprint density at radius 1 is 1.29 bits per heavy atom. The van der Waals surface area contributed by atoms with E-state index in [2.05, 4.69) is 19.2 Å². The maximum Gasteiger partial charge on any atom is 0.230 e. The zero-order chi connectivity index (χ0) is 17.1. The highest BCUT2D eigenvalue weighted by Crippen LogP contribution is 2.28. The van der Waals surface area contributed by atoms with E-state index in [0.717, 1.165) is 36.1 Å². The highest BCUT2D eigenvalue weighted by molar-refractivity contribution is 7.14. The monoisotopic (exact) mass is 346 g/mol. The molecule has 2 atom stereocenters. The lowest BCUT2D eigenvalue weighted by molar-refractivity contribution is -0.928. The highest BCUT2D eigenvalue weighted by atomic mass is 32.1. The largest absolute Gasteiger partial charge is 0.364 e. The zero-order valence-electron chi connectivity index (χ0n) is 14.4. The van der Waals surface area contributed by atoms with Gasteiger partial charge in [0.25, 0.3) is 0 Å². The first-order chi connectivity index (χ1) is 11.5. The Labute approximate surface area is 146 Å². The Morgan fingerprint density at radius 2 is 1.96 bits per heavy atom. The van der Waals surface area contributed by atoms with Gasteiger partial charge in [-0.1, -0.05) is 18.2 Å². The summed E-state index contributed by atoms with van der Waals surface area (Å²) in [5.41, 5.74) is 1.89. The number of para-hydroxylation sites is 1. The molecule has 0 spiro atoms. The summed E-state index contributed by atoms with van der Waals surface area (Å²) in [6, 6.07) is 9.66. The number of quaternary nitrogens is 1. The van der Waals surface area contributed by atoms with Crippen molar-refractivity contribution in [2.75, 3.05) is 18.0 Å². The Hall–Kier alpha value is -1.76. The molecule has 1 fully saturated rings. The standard InChI is InChI=1S/C18H23N3O2S/c1-13-9-20(10-14(2)23-13)11-16-12-24-18(19-16)21(15(3)22)17-7-5-4-6-8-17/h4-8,12-14H,9-11H2,1-3H3/p+1/t13-,14-/m1/s1. The third-order valence-electron chi connectivity index (χ3n) is 4.11. The molecular formula is C18H24N3O2S+. The number of benzene rings is 1. The van der Waals surface area contributed by atoms with E-state index >= 15 is 0 Å². The Bertz CT molecular complexity index is 679. The van der Waals surface area contributed by atoms with Gasteiger partial charge in [0.1, 0.15) is 37.5 Å². The number of anilines is 2. The van der Waals surface area contributed by atoms with E-state index in [4.69, 9.17) is 9.72 Å². The van der Waals surface area contributed by atoms with Gasteiger partial charge in [-0.25, -0.2) is 4.98 Å². The molecule has 1 saturated heterocycles. The van der Waals surface area contributed by atoms with Crippen molar-refractivity contribution in [3.05, 3.63) is 41.4 Å². The average Bonchev–Trinajstić information content (AvgIpc) is 2.95. The number of carbonyl (C=O) groups is 1. The molecular weight excluding hydrogens is 322 g/mol. The molecule has 0 saturated carbocycles. The summed E-state index contributed by atoms with van der Waals surface area (Å²) in [7, 11) is 0. The van der Waals surface area contributed by atoms with Gasteiger partial charge in [-0.2, -0.15) is 0 Å². The quantitative estimate of drug-likeness (QED) is 0.921. The normalized spacial score (nSPS) is 23.9. The molecule has 1 aliphatic rings. The fourth-order valence-corrected chi connectivity index (χ4v) is 4.16. The van der Waals surface area contributed by atoms with Crippen LogP contribution in [0.15, 0.2) is 35.7 Å². The Kier molecular flexibility index (Phi) is 5.28. The van der Waals surface area contributed by atoms with Gasteiger partial charge in [-0.3, -0.25) is 9.69 Å². The fourth-order valence-electron chi connectivity index (χ4n) is 3.27. The Balaban J connectivity index is 1.75. The van der Waals surface area contributed by atoms with Crippen molar-refractivity contribution >= 4 is 28.1 Å². The third kappa shape index (κ3) is 4.01. The van der Waals surface area contributed by atoms with Crippen molar-refractivity contribution in [3.63, 3.8) is 0 Å². The molecule has 0 bridgehead atoms. The second-order valence-corrected chi connectivity index (χ2v) is 7.24. The minimum Gasteiger partial charge on any atom is -0.364 e. The van der Waals surface area contributed by atoms with Crippen LogP contribution in [0.2, 0.25) is 0 Å². The van der Waals surface area contributed by atoms with Gasteiger partial charge in [0.05, 0.1) is 5.69 Å². The molecule has 1 aliphatic heterocycles. The number of aromatic nitrogens is 1. The lowest BCUT2D eigenvalue weighted by Gasteiger charge is -2.31. The smallest absolute Gasteiger partial charge is 0.230 e. The van der Waals surface area contributed by atoms with Crippen molar-refractivity contribution < 1.29 is 14.4 Å². The minimum absolute atomic E-state index is 0.0249. The molecule has 2 heterocycles. The van der Waals surface area contributed by atoms with Crippen LogP contribution in [-0.4, -0.2) is 36.2 Å². The topological polar surface area (TPSA) is 46.9 Å². The van der Waals surface area contributed by atoms with E-state index in [-0.39, 0.29) is 18.1 Å². The van der Waals surface area contributed by atoms with E-state index in [1.807, 2.05) is 30.3 Å². The number of hydrogen-bond donors (Lipinski definition) is 1. The van der Waals surface area contributed by atoms with Gasteiger partial charge < -0.3 is 9.64 Å². The second-order valence-electron chi connectivity index (χ2n) is 6.40. The second kappa shape index (κ2) is 7.42. The summed E-state index contributed by atoms with van der Waals surface area (Å²) < 4.78 is 5.80. The first-order valence-electron chi connectivity index (χ1n) is 8.32. The van der Waals surface area contributed by atoms with Crippen LogP contribution in [-0.2, 0) is 16.1 Å². The van der Waals surface area contributed by atoms with Gasteiger partial charge in [-0.15, -0.1) is 11.3 Å². The maximum absolute atomic E-state index is 12.1. The molecule has 5 nitrogen and oxygen atoms in total. The predicted octanol–water partition coefficient (Wildman–Crippen LogP) is 2.02. The van der Waals surface area contributed by atoms with Crippen LogP contribution in [0.4, 0.5) is 10.8 Å². The maximum atomic E-state index is 12.1. The van der Waals surface area contributed by atoms with Crippen molar-refractivity contribution in [2.24, 2.45) is 0 Å². The number of ether oxygens (including phenoxy) is 1. The number of morpholine rings is 1. The van der Waals surface area contributed by atoms with Gasteiger partial charge in [0.2, 0.25) is 5.91 Å². The summed E-state index contributed by atoms with van der Waals surface area (Å²) in [4.78, 5) is 20.0. The van der Waals surface area contributed by atoms with Gasteiger partial charge in [0, 0.05) is 12.3 Å². The number of nitrogens with one attached hydrogen (secondary N) is 1. The molecule has 2 aromatic rings. The van der Waals surface area contributed by atoms with Crippen molar-refractivity contribution in [1.82, 2.24) is 4.98 Å². The van der Waals surface area contributed by atoms with Crippen LogP contribution in [0.1, 0.15) is 26.5 Å². The van der Waals surface area contributed by atoms with Crippen molar-refractivity contribution in [1.29, 1.82) is 0 Å². The summed E-state index contributed by atoms with van der Waals surface area (Å²) >= 11 is 1.52. The molecule has 0 radical (unpaired) electrons. The van der Waals surface area contributed by atoms with Crippen LogP contribution < -0.4 is 9.80 Å². The number of carbonyl (C=O) groups excluding carboxylic acids is 1. The first kappa shape index (κ1) is 17.1. The zero-order valence-corrected chi connectivity index (χ0v) is 15.2. The molecule has 0 unspecified atom stereocenters. The molecule has 128 valence electrons. The molecule has 1 aromatic heterocycles. The average molecular weight is 346 g/mol. The molecule has 1 aromatic carbocycles. The lowest BCUT2D eigenvalue weighted by atomic mass is 10.2. The number of rotatable bonds is 4. The van der Waals surface area contributed by atoms with Crippen LogP contribution in [0.25, 0.3) is 0 Å². The van der Waals surface area contributed by atoms with E-state index in [1.54, 1.807) is 11.8 Å². The highest BCUT2D eigenvalue weighted by Gasteiger charge is 2.26. The Morgan fingerprint density at radius 3 is 2.58 bits per heavy atom. The minimum atomic E-state index is -0.0249. The van der Waals surface area contributed by atoms with Crippen LogP contribution in [0, 0.1) is 0 Å². The third-order valence-corrected chi connectivity index (χ3v) is 4.98. The summed E-state index contributed by atoms with van der Waals surface area (Å²) in [6.45, 7) is 8.67. The molecule has 0 aliphatic carbocycles. The number of hydrogen-bond acceptors (Lipinski definition) is 4. The number of nitrogens with zero attached hydrogens (tertiary/aromatic N) is 2. The van der Waals surface area contributed by atoms with Gasteiger partial charge in [-0.05, 0) is 26.0 Å².